The molecule has 19 nitrogen and oxygen atoms in total. The molecule has 11 N–H and O–H groups in total. The van der Waals surface area contributed by atoms with Gasteiger partial charge in [-0.3, -0.25) is 4.79 Å². The third kappa shape index (κ3) is 7.73. The number of carboxylic acids is 1. The average molecular weight is 943 g/mol. The first-order valence-corrected chi connectivity index (χ1v) is 23.9. The van der Waals surface area contributed by atoms with E-state index in [2.05, 4.69) is 40.7 Å². The van der Waals surface area contributed by atoms with Crippen molar-refractivity contribution in [2.75, 3.05) is 19.8 Å². The molecular formula is C47H74O19. The van der Waals surface area contributed by atoms with Crippen LogP contribution in [0.2, 0.25) is 0 Å². The van der Waals surface area contributed by atoms with Gasteiger partial charge in [0.15, 0.2) is 18.7 Å². The van der Waals surface area contributed by atoms with Gasteiger partial charge >= 0.3 is 11.9 Å². The van der Waals surface area contributed by atoms with Crippen LogP contribution in [0.4, 0.5) is 0 Å². The zero-order chi connectivity index (χ0) is 48.3. The molecule has 3 saturated heterocycles. The Morgan fingerprint density at radius 3 is 2.09 bits per heavy atom. The largest absolute Gasteiger partial charge is 0.479 e. The minimum absolute atomic E-state index is 0.0458. The van der Waals surface area contributed by atoms with Gasteiger partial charge in [-0.15, -0.1) is 0 Å². The lowest BCUT2D eigenvalue weighted by Crippen LogP contribution is -2.67. The molecule has 0 amide bonds. The molecule has 0 radical (unpaired) electrons. The Balaban J connectivity index is 1.02. The Morgan fingerprint density at radius 2 is 1.42 bits per heavy atom. The molecule has 5 aliphatic carbocycles. The van der Waals surface area contributed by atoms with Gasteiger partial charge in [0.25, 0.3) is 0 Å². The maximum absolute atomic E-state index is 14.7. The second kappa shape index (κ2) is 17.7. The van der Waals surface area contributed by atoms with Crippen molar-refractivity contribution in [1.29, 1.82) is 0 Å². The number of carboxylic acid groups (broad SMARTS) is 1. The van der Waals surface area contributed by atoms with E-state index in [4.69, 9.17) is 28.4 Å². The molecule has 19 heteroatoms. The second-order valence-corrected chi connectivity index (χ2v) is 22.9. The second-order valence-electron chi connectivity index (χ2n) is 22.9. The molecule has 0 aromatic heterocycles. The number of allylic oxidation sites excluding steroid dienone is 2. The van der Waals surface area contributed by atoms with Gasteiger partial charge in [0.05, 0.1) is 31.3 Å². The molecule has 23 atom stereocenters. The normalized spacial score (nSPS) is 53.5. The van der Waals surface area contributed by atoms with Crippen LogP contribution in [-0.2, 0) is 38.0 Å². The molecule has 3 aliphatic heterocycles. The molecule has 376 valence electrons. The summed E-state index contributed by atoms with van der Waals surface area (Å²) in [5.41, 5.74) is -1.43. The minimum atomic E-state index is -2.03. The van der Waals surface area contributed by atoms with Crippen molar-refractivity contribution in [3.8, 4) is 0 Å². The number of fused-ring (bicyclic) bond motifs is 7. The van der Waals surface area contributed by atoms with Crippen LogP contribution in [0, 0.1) is 50.2 Å². The van der Waals surface area contributed by atoms with E-state index in [0.29, 0.717) is 32.1 Å². The van der Waals surface area contributed by atoms with E-state index in [1.54, 1.807) is 0 Å². The van der Waals surface area contributed by atoms with Crippen LogP contribution in [0.1, 0.15) is 106 Å². The molecule has 3 heterocycles. The first kappa shape index (κ1) is 50.5. The van der Waals surface area contributed by atoms with Crippen molar-refractivity contribution in [2.45, 2.75) is 198 Å². The summed E-state index contributed by atoms with van der Waals surface area (Å²) in [7, 11) is 0. The van der Waals surface area contributed by atoms with Crippen LogP contribution in [-0.4, -0.2) is 180 Å². The molecule has 4 saturated carbocycles. The number of aliphatic carboxylic acids is 1. The van der Waals surface area contributed by atoms with Crippen molar-refractivity contribution >= 4 is 11.9 Å². The maximum Gasteiger partial charge on any atom is 0.335 e. The summed E-state index contributed by atoms with van der Waals surface area (Å²) in [6.45, 7) is 12.2. The van der Waals surface area contributed by atoms with E-state index in [1.165, 1.54) is 5.57 Å². The first-order chi connectivity index (χ1) is 30.8. The zero-order valence-corrected chi connectivity index (χ0v) is 38.8. The van der Waals surface area contributed by atoms with Gasteiger partial charge in [0, 0.05) is 5.41 Å². The summed E-state index contributed by atoms with van der Waals surface area (Å²) >= 11 is 0. The fourth-order valence-electron chi connectivity index (χ4n) is 14.8. The fraction of sp³-hybridized carbons (Fsp3) is 0.915. The lowest BCUT2D eigenvalue weighted by Gasteiger charge is -2.71. The number of carbonyl (C=O) groups is 2. The van der Waals surface area contributed by atoms with E-state index in [1.807, 2.05) is 6.92 Å². The molecule has 0 bridgehead atoms. The maximum atomic E-state index is 14.7. The molecular weight excluding hydrogens is 868 g/mol. The molecule has 0 aromatic rings. The molecule has 0 spiro atoms. The smallest absolute Gasteiger partial charge is 0.335 e. The summed E-state index contributed by atoms with van der Waals surface area (Å²) in [5.74, 6) is -2.19. The Morgan fingerprint density at radius 1 is 0.727 bits per heavy atom. The van der Waals surface area contributed by atoms with E-state index < -0.39 is 121 Å². The van der Waals surface area contributed by atoms with Gasteiger partial charge in [-0.1, -0.05) is 53.2 Å². The highest BCUT2D eigenvalue weighted by Crippen LogP contribution is 2.76. The summed E-state index contributed by atoms with van der Waals surface area (Å²) in [6, 6.07) is 0. The van der Waals surface area contributed by atoms with Gasteiger partial charge in [0.2, 0.25) is 6.29 Å². The average Bonchev–Trinajstić information content (AvgIpc) is 3.26. The molecule has 0 aromatic carbocycles. The van der Waals surface area contributed by atoms with Crippen LogP contribution < -0.4 is 0 Å². The van der Waals surface area contributed by atoms with Gasteiger partial charge in [-0.2, -0.15) is 0 Å². The third-order valence-electron chi connectivity index (χ3n) is 19.0. The standard InChI is InChI=1S/C47H74O19/c1-42(2)13-15-47(41(60)66-40-30(53)29(52)28(51)24(18-48)62-40)16-14-45(5)21(22(47)17-42)7-8-26-43(3)11-10-27(44(4,20-49)25(43)9-12-46(26,45)6)63-39-33(56)34(23(50)19-61-39)64-35-31(54)36(37(57)58)65-38(59)32(35)55/h7,22-36,38-40,48-56,59H,8-20H2,1-6H3,(H,57,58). The van der Waals surface area contributed by atoms with Gasteiger partial charge in [-0.25, -0.2) is 4.79 Å². The van der Waals surface area contributed by atoms with E-state index in [9.17, 15) is 65.8 Å². The van der Waals surface area contributed by atoms with Crippen LogP contribution in [0.15, 0.2) is 11.6 Å². The van der Waals surface area contributed by atoms with Crippen molar-refractivity contribution in [1.82, 2.24) is 0 Å². The number of hydrogen-bond acceptors (Lipinski definition) is 18. The highest BCUT2D eigenvalue weighted by Gasteiger charge is 2.70. The Hall–Kier alpha value is -1.92. The topological polar surface area (TPSA) is 312 Å². The van der Waals surface area contributed by atoms with Crippen molar-refractivity contribution in [3.05, 3.63) is 11.6 Å². The molecule has 8 rings (SSSR count). The highest BCUT2D eigenvalue weighted by atomic mass is 16.7. The summed E-state index contributed by atoms with van der Waals surface area (Å²) in [5, 5.41) is 116. The number of carbonyl (C=O) groups excluding carboxylic acids is 1. The Bertz CT molecular complexity index is 1850. The third-order valence-corrected chi connectivity index (χ3v) is 19.0. The minimum Gasteiger partial charge on any atom is -0.479 e. The van der Waals surface area contributed by atoms with Gasteiger partial charge in [-0.05, 0) is 104 Å². The van der Waals surface area contributed by atoms with Gasteiger partial charge in [0.1, 0.15) is 61.0 Å². The highest BCUT2D eigenvalue weighted by molar-refractivity contribution is 5.79. The lowest BCUT2D eigenvalue weighted by molar-refractivity contribution is -0.340. The molecule has 7 fully saturated rings. The molecule has 8 aliphatic rings. The number of rotatable bonds is 9. The lowest BCUT2D eigenvalue weighted by atomic mass is 9.33. The fourth-order valence-corrected chi connectivity index (χ4v) is 14.8. The zero-order valence-electron chi connectivity index (χ0n) is 38.8. The first-order valence-electron chi connectivity index (χ1n) is 23.9. The van der Waals surface area contributed by atoms with E-state index in [-0.39, 0.29) is 52.6 Å². The van der Waals surface area contributed by atoms with Crippen molar-refractivity contribution in [2.24, 2.45) is 50.2 Å². The number of esters is 1. The van der Waals surface area contributed by atoms with Crippen LogP contribution in [0.25, 0.3) is 0 Å². The van der Waals surface area contributed by atoms with Crippen LogP contribution in [0.3, 0.4) is 0 Å². The van der Waals surface area contributed by atoms with E-state index >= 15 is 0 Å². The molecule has 66 heavy (non-hydrogen) atoms. The monoisotopic (exact) mass is 942 g/mol. The number of ether oxygens (including phenoxy) is 6. The Labute approximate surface area is 385 Å². The van der Waals surface area contributed by atoms with Gasteiger partial charge < -0.3 is 84.6 Å². The van der Waals surface area contributed by atoms with E-state index in [0.717, 1.165) is 32.1 Å². The van der Waals surface area contributed by atoms with Crippen molar-refractivity contribution < 1.29 is 94.2 Å². The summed E-state index contributed by atoms with van der Waals surface area (Å²) < 4.78 is 34.6. The number of hydrogen-bond donors (Lipinski definition) is 11. The summed E-state index contributed by atoms with van der Waals surface area (Å²) in [6.07, 6.45) is -15.0. The SMILES string of the molecule is CC1(C)CCC2(C(=O)OC3OC(CO)C(O)C(O)C3O)CCC3(C)C(=CCC4C5(C)CCC(OC6OCC(O)C(OC7C(O)C(O)OC(C(=O)O)C7O)C6O)C(C)(CO)C5CCC43C)C2C1. The van der Waals surface area contributed by atoms with Crippen LogP contribution in [0.5, 0.6) is 0 Å². The Kier molecular flexibility index (Phi) is 13.6. The quantitative estimate of drug-likeness (QED) is 0.0813. The molecule has 23 unspecified atom stereocenters. The number of aliphatic hydroxyl groups excluding tert-OH is 10. The predicted molar refractivity (Wildman–Crippen MR) is 226 cm³/mol. The summed E-state index contributed by atoms with van der Waals surface area (Å²) in [4.78, 5) is 26.4. The van der Waals surface area contributed by atoms with Crippen molar-refractivity contribution in [3.63, 3.8) is 0 Å². The predicted octanol–water partition coefficient (Wildman–Crippen LogP) is -0.156. The van der Waals surface area contributed by atoms with Crippen LogP contribution >= 0.6 is 0 Å². The number of aliphatic hydroxyl groups is 10.